The van der Waals surface area contributed by atoms with Crippen molar-refractivity contribution in [2.75, 3.05) is 5.33 Å². The minimum atomic E-state index is 0.953. The minimum absolute atomic E-state index is 0.953. The number of hydrogen-bond acceptors (Lipinski definition) is 0. The van der Waals surface area contributed by atoms with Crippen molar-refractivity contribution in [1.29, 1.82) is 0 Å². The summed E-state index contributed by atoms with van der Waals surface area (Å²) in [6, 6.07) is 0. The van der Waals surface area contributed by atoms with Crippen molar-refractivity contribution in [2.45, 2.75) is 38.5 Å². The van der Waals surface area contributed by atoms with E-state index < -0.39 is 0 Å². The van der Waals surface area contributed by atoms with E-state index in [1.807, 2.05) is 0 Å². The first-order chi connectivity index (χ1) is 4.91. The summed E-state index contributed by atoms with van der Waals surface area (Å²) in [7, 11) is 0. The normalized spacial score (nSPS) is 9.20. The molecule has 0 unspecified atom stereocenters. The fourth-order valence-corrected chi connectivity index (χ4v) is 1.25. The van der Waals surface area contributed by atoms with Crippen molar-refractivity contribution in [3.63, 3.8) is 0 Å². The molecule has 58 valence electrons. The van der Waals surface area contributed by atoms with Crippen LogP contribution in [0.25, 0.3) is 0 Å². The van der Waals surface area contributed by atoms with E-state index in [2.05, 4.69) is 21.9 Å². The summed E-state index contributed by atoms with van der Waals surface area (Å²) in [6.07, 6.45) is 12.6. The van der Waals surface area contributed by atoms with Gasteiger partial charge in [-0.25, -0.2) is 0 Å². The summed E-state index contributed by atoms with van der Waals surface area (Å²) in [5.41, 5.74) is 0. The Bertz CT molecular complexity index is 91.4. The molecule has 1 heteroatoms. The smallest absolute Gasteiger partial charge is 0.00860 e. The van der Waals surface area contributed by atoms with Gasteiger partial charge < -0.3 is 0 Å². The SMILES string of the molecule is C#CCCCCCCCBr. The van der Waals surface area contributed by atoms with Gasteiger partial charge in [-0.05, 0) is 12.8 Å². The van der Waals surface area contributed by atoms with E-state index in [1.54, 1.807) is 0 Å². The van der Waals surface area contributed by atoms with E-state index >= 15 is 0 Å². The van der Waals surface area contributed by atoms with Gasteiger partial charge in [0, 0.05) is 11.8 Å². The first kappa shape index (κ1) is 10.0. The zero-order valence-corrected chi connectivity index (χ0v) is 7.99. The standard InChI is InChI=1S/C9H15Br/c1-2-3-4-5-6-7-8-9-10/h1H,3-9H2. The van der Waals surface area contributed by atoms with Crippen LogP contribution in [-0.2, 0) is 0 Å². The lowest BCUT2D eigenvalue weighted by molar-refractivity contribution is 0.645. The van der Waals surface area contributed by atoms with E-state index in [-0.39, 0.29) is 0 Å². The van der Waals surface area contributed by atoms with Gasteiger partial charge in [0.15, 0.2) is 0 Å². The average Bonchev–Trinajstić information content (AvgIpc) is 1.97. The molecule has 0 aliphatic rings. The van der Waals surface area contributed by atoms with Gasteiger partial charge in [0.2, 0.25) is 0 Å². The lowest BCUT2D eigenvalue weighted by Crippen LogP contribution is -1.78. The summed E-state index contributed by atoms with van der Waals surface area (Å²) in [5.74, 6) is 2.65. The molecular weight excluding hydrogens is 188 g/mol. The highest BCUT2D eigenvalue weighted by molar-refractivity contribution is 9.09. The molecule has 0 rings (SSSR count). The maximum Gasteiger partial charge on any atom is 0.00860 e. The lowest BCUT2D eigenvalue weighted by Gasteiger charge is -1.95. The van der Waals surface area contributed by atoms with E-state index in [0.29, 0.717) is 0 Å². The molecule has 0 atom stereocenters. The molecule has 0 aliphatic carbocycles. The van der Waals surface area contributed by atoms with Gasteiger partial charge in [-0.3, -0.25) is 0 Å². The first-order valence-electron chi connectivity index (χ1n) is 3.91. The molecule has 0 bridgehead atoms. The van der Waals surface area contributed by atoms with Crippen LogP contribution < -0.4 is 0 Å². The number of unbranched alkanes of at least 4 members (excludes halogenated alkanes) is 5. The second-order valence-corrected chi connectivity index (χ2v) is 3.20. The van der Waals surface area contributed by atoms with E-state index in [0.717, 1.165) is 11.8 Å². The predicted molar refractivity (Wildman–Crippen MR) is 50.3 cm³/mol. The molecule has 0 radical (unpaired) electrons. The van der Waals surface area contributed by atoms with Gasteiger partial charge in [-0.2, -0.15) is 0 Å². The molecule has 0 amide bonds. The van der Waals surface area contributed by atoms with Crippen LogP contribution in [0.3, 0.4) is 0 Å². The Kier molecular flexibility index (Phi) is 9.08. The number of alkyl halides is 1. The van der Waals surface area contributed by atoms with Gasteiger partial charge in [0.05, 0.1) is 0 Å². The van der Waals surface area contributed by atoms with E-state index in [9.17, 15) is 0 Å². The molecule has 0 fully saturated rings. The van der Waals surface area contributed by atoms with Crippen LogP contribution in [0.15, 0.2) is 0 Å². The summed E-state index contributed by atoms with van der Waals surface area (Å²) in [5, 5.41) is 1.14. The molecule has 0 N–H and O–H groups in total. The monoisotopic (exact) mass is 202 g/mol. The molecule has 10 heavy (non-hydrogen) atoms. The van der Waals surface area contributed by atoms with Crippen LogP contribution >= 0.6 is 15.9 Å². The number of halogens is 1. The highest BCUT2D eigenvalue weighted by atomic mass is 79.9. The zero-order chi connectivity index (χ0) is 7.66. The first-order valence-corrected chi connectivity index (χ1v) is 5.03. The molecule has 0 saturated carbocycles. The van der Waals surface area contributed by atoms with E-state index in [1.165, 1.54) is 32.1 Å². The third-order valence-electron chi connectivity index (χ3n) is 1.45. The van der Waals surface area contributed by atoms with Crippen molar-refractivity contribution >= 4 is 15.9 Å². The average molecular weight is 203 g/mol. The van der Waals surface area contributed by atoms with Crippen molar-refractivity contribution in [2.24, 2.45) is 0 Å². The Morgan fingerprint density at radius 1 is 1.00 bits per heavy atom. The van der Waals surface area contributed by atoms with Gasteiger partial charge in [-0.1, -0.05) is 35.2 Å². The summed E-state index contributed by atoms with van der Waals surface area (Å²) in [6.45, 7) is 0. The quantitative estimate of drug-likeness (QED) is 0.352. The molecule has 0 aromatic rings. The topological polar surface area (TPSA) is 0 Å². The molecule has 0 spiro atoms. The Hall–Kier alpha value is 0.0400. The molecule has 0 aromatic carbocycles. The zero-order valence-electron chi connectivity index (χ0n) is 6.41. The largest absolute Gasteiger partial charge is 0.120 e. The Labute approximate surface area is 72.5 Å². The second-order valence-electron chi connectivity index (χ2n) is 2.41. The molecule has 0 aliphatic heterocycles. The number of rotatable bonds is 6. The summed E-state index contributed by atoms with van der Waals surface area (Å²) in [4.78, 5) is 0. The van der Waals surface area contributed by atoms with Gasteiger partial charge >= 0.3 is 0 Å². The molecule has 0 saturated heterocycles. The second kappa shape index (κ2) is 9.04. The van der Waals surface area contributed by atoms with Gasteiger partial charge in [0.1, 0.15) is 0 Å². The van der Waals surface area contributed by atoms with Crippen LogP contribution in [0.1, 0.15) is 38.5 Å². The van der Waals surface area contributed by atoms with Crippen LogP contribution in [-0.4, -0.2) is 5.33 Å². The van der Waals surface area contributed by atoms with Crippen LogP contribution in [0.2, 0.25) is 0 Å². The Morgan fingerprint density at radius 3 is 2.20 bits per heavy atom. The van der Waals surface area contributed by atoms with Crippen molar-refractivity contribution in [1.82, 2.24) is 0 Å². The van der Waals surface area contributed by atoms with Crippen LogP contribution in [0.4, 0.5) is 0 Å². The highest BCUT2D eigenvalue weighted by Gasteiger charge is 1.87. The Morgan fingerprint density at radius 2 is 1.60 bits per heavy atom. The molecule has 0 aromatic heterocycles. The molecule has 0 nitrogen and oxygen atoms in total. The van der Waals surface area contributed by atoms with Crippen molar-refractivity contribution in [3.05, 3.63) is 0 Å². The maximum atomic E-state index is 5.11. The highest BCUT2D eigenvalue weighted by Crippen LogP contribution is 2.05. The predicted octanol–water partition coefficient (Wildman–Crippen LogP) is 3.36. The fraction of sp³-hybridized carbons (Fsp3) is 0.778. The Balaban J connectivity index is 2.72. The van der Waals surface area contributed by atoms with Gasteiger partial charge in [-0.15, -0.1) is 12.3 Å². The fourth-order valence-electron chi connectivity index (χ4n) is 0.852. The van der Waals surface area contributed by atoms with Crippen LogP contribution in [0.5, 0.6) is 0 Å². The number of hydrogen-bond donors (Lipinski definition) is 0. The van der Waals surface area contributed by atoms with E-state index in [4.69, 9.17) is 6.42 Å². The van der Waals surface area contributed by atoms with Crippen LogP contribution in [0, 0.1) is 12.3 Å². The minimum Gasteiger partial charge on any atom is -0.120 e. The summed E-state index contributed by atoms with van der Waals surface area (Å²) < 4.78 is 0. The third kappa shape index (κ3) is 8.04. The van der Waals surface area contributed by atoms with Gasteiger partial charge in [0.25, 0.3) is 0 Å². The van der Waals surface area contributed by atoms with Crippen molar-refractivity contribution < 1.29 is 0 Å². The third-order valence-corrected chi connectivity index (χ3v) is 2.02. The lowest BCUT2D eigenvalue weighted by atomic mass is 10.1. The maximum absolute atomic E-state index is 5.11. The summed E-state index contributed by atoms with van der Waals surface area (Å²) >= 11 is 3.40. The molecule has 0 heterocycles. The molecular formula is C9H15Br. The number of terminal acetylenes is 1. The van der Waals surface area contributed by atoms with Crippen molar-refractivity contribution in [3.8, 4) is 12.3 Å².